The van der Waals surface area contributed by atoms with Gasteiger partial charge < -0.3 is 15.2 Å². The number of methoxy groups -OCH3 is 1. The summed E-state index contributed by atoms with van der Waals surface area (Å²) in [6.07, 6.45) is 19.9. The number of aromatic hydroxyl groups is 1. The Hall–Kier alpha value is -1.71. The van der Waals surface area contributed by atoms with Crippen molar-refractivity contribution in [2.45, 2.75) is 116 Å². The second-order valence-corrected chi connectivity index (χ2v) is 8.38. The number of amides is 1. The van der Waals surface area contributed by atoms with E-state index in [1.54, 1.807) is 6.07 Å². The van der Waals surface area contributed by atoms with Crippen molar-refractivity contribution in [1.29, 1.82) is 0 Å². The van der Waals surface area contributed by atoms with Crippen LogP contribution in [0.3, 0.4) is 0 Å². The molecule has 0 spiro atoms. The molecule has 0 heterocycles. The lowest BCUT2D eigenvalue weighted by molar-refractivity contribution is -0.121. The van der Waals surface area contributed by atoms with Crippen molar-refractivity contribution in [1.82, 2.24) is 5.32 Å². The minimum absolute atomic E-state index is 0.0175. The summed E-state index contributed by atoms with van der Waals surface area (Å²) in [5.74, 6) is -0.362. The Labute approximate surface area is 189 Å². The quantitative estimate of drug-likeness (QED) is 0.230. The Morgan fingerprint density at radius 3 is 1.97 bits per heavy atom. The minimum atomic E-state index is -2.63. The first-order chi connectivity index (χ1) is 15.8. The molecule has 0 bridgehead atoms. The van der Waals surface area contributed by atoms with E-state index >= 15 is 0 Å². The van der Waals surface area contributed by atoms with Crippen LogP contribution in [0, 0.1) is 0 Å². The van der Waals surface area contributed by atoms with Crippen LogP contribution in [0.25, 0.3) is 0 Å². The van der Waals surface area contributed by atoms with E-state index in [4.69, 9.17) is 8.85 Å². The van der Waals surface area contributed by atoms with Crippen molar-refractivity contribution in [2.75, 3.05) is 7.04 Å². The van der Waals surface area contributed by atoms with Gasteiger partial charge in [-0.25, -0.2) is 0 Å². The maximum absolute atomic E-state index is 12.0. The fourth-order valence-corrected chi connectivity index (χ4v) is 3.70. The second-order valence-electron chi connectivity index (χ2n) is 8.38. The highest BCUT2D eigenvalue weighted by Gasteiger charge is 2.05. The highest BCUT2D eigenvalue weighted by Crippen LogP contribution is 2.26. The minimum Gasteiger partial charge on any atom is -0.504 e. The number of carbonyl (C=O) groups is 1. The first-order valence-electron chi connectivity index (χ1n) is 13.6. The lowest BCUT2D eigenvalue weighted by atomic mass is 10.0. The van der Waals surface area contributed by atoms with Gasteiger partial charge in [-0.05, 0) is 24.1 Å². The molecule has 0 radical (unpaired) electrons. The average Bonchev–Trinajstić information content (AvgIpc) is 2.76. The van der Waals surface area contributed by atoms with Gasteiger partial charge in [0.25, 0.3) is 0 Å². The summed E-state index contributed by atoms with van der Waals surface area (Å²) < 4.78 is 26.2. The molecule has 0 atom stereocenters. The van der Waals surface area contributed by atoms with E-state index in [9.17, 15) is 9.90 Å². The number of unbranched alkanes of at least 4 members (excludes halogenated alkanes) is 14. The Balaban J connectivity index is 1.99. The van der Waals surface area contributed by atoms with Gasteiger partial charge in [-0.1, -0.05) is 103 Å². The van der Waals surface area contributed by atoms with E-state index in [2.05, 4.69) is 12.2 Å². The first kappa shape index (κ1) is 21.5. The number of phenolic OH excluding ortho intramolecular Hbond substituents is 1. The van der Waals surface area contributed by atoms with Gasteiger partial charge in [-0.2, -0.15) is 0 Å². The topological polar surface area (TPSA) is 58.6 Å². The third-order valence-corrected chi connectivity index (χ3v) is 5.63. The summed E-state index contributed by atoms with van der Waals surface area (Å²) in [7, 11) is -2.63. The highest BCUT2D eigenvalue weighted by molar-refractivity contribution is 5.75. The fraction of sp³-hybridized carbons (Fsp3) is 0.731. The molecule has 4 nitrogen and oxygen atoms in total. The molecule has 1 rings (SSSR count). The van der Waals surface area contributed by atoms with Crippen LogP contribution in [0.4, 0.5) is 0 Å². The number of ether oxygens (including phenoxy) is 1. The zero-order chi connectivity index (χ0) is 24.4. The van der Waals surface area contributed by atoms with E-state index in [0.29, 0.717) is 12.0 Å². The van der Waals surface area contributed by atoms with Gasteiger partial charge in [0, 0.05) is 13.0 Å². The van der Waals surface area contributed by atoms with Crippen LogP contribution in [0.5, 0.6) is 11.5 Å². The van der Waals surface area contributed by atoms with Crippen LogP contribution in [0.15, 0.2) is 18.2 Å². The summed E-state index contributed by atoms with van der Waals surface area (Å²) >= 11 is 0. The summed E-state index contributed by atoms with van der Waals surface area (Å²) in [6.45, 7) is 2.53. The van der Waals surface area contributed by atoms with Gasteiger partial charge in [-0.15, -0.1) is 0 Å². The molecule has 2 N–H and O–H groups in total. The number of hydrogen-bond donors (Lipinski definition) is 2. The van der Waals surface area contributed by atoms with E-state index in [1.165, 1.54) is 95.6 Å². The van der Waals surface area contributed by atoms with Crippen molar-refractivity contribution in [2.24, 2.45) is 0 Å². The standard InChI is InChI=1S/C26H45NO3/c1-3-4-5-6-7-8-9-10-11-12-13-14-15-16-17-18-26(29)27-22-23-19-20-24(28)25(21-23)30-2/h19-21,28H,3-18,22H2,1-2H3,(H,27,29)/i2D3. The average molecular weight is 423 g/mol. The van der Waals surface area contributed by atoms with Crippen molar-refractivity contribution in [3.63, 3.8) is 0 Å². The lowest BCUT2D eigenvalue weighted by Crippen LogP contribution is -2.22. The van der Waals surface area contributed by atoms with Gasteiger partial charge in [0.2, 0.25) is 5.91 Å². The van der Waals surface area contributed by atoms with E-state index in [-0.39, 0.29) is 24.0 Å². The molecule has 172 valence electrons. The Bertz CT molecular complexity index is 650. The molecule has 0 aromatic heterocycles. The first-order valence-corrected chi connectivity index (χ1v) is 12.1. The molecule has 0 unspecified atom stereocenters. The molecule has 30 heavy (non-hydrogen) atoms. The van der Waals surface area contributed by atoms with Crippen molar-refractivity contribution < 1.29 is 18.8 Å². The molecule has 0 aliphatic heterocycles. The van der Waals surface area contributed by atoms with Gasteiger partial charge >= 0.3 is 0 Å². The molecule has 0 saturated carbocycles. The van der Waals surface area contributed by atoms with E-state index in [0.717, 1.165) is 12.8 Å². The lowest BCUT2D eigenvalue weighted by Gasteiger charge is -2.08. The van der Waals surface area contributed by atoms with E-state index in [1.807, 2.05) is 0 Å². The van der Waals surface area contributed by atoms with Gasteiger partial charge in [0.15, 0.2) is 11.5 Å². The maximum atomic E-state index is 12.0. The van der Waals surface area contributed by atoms with Gasteiger partial charge in [0.05, 0.1) is 11.2 Å². The Kier molecular flexibility index (Phi) is 13.0. The molecule has 0 fully saturated rings. The predicted molar refractivity (Wildman–Crippen MR) is 126 cm³/mol. The summed E-state index contributed by atoms with van der Waals surface area (Å²) in [4.78, 5) is 12.0. The SMILES string of the molecule is [2H]C([2H])([2H])Oc1cc(CNC(=O)CCCCCCCCCCCCCCCCC)ccc1O. The van der Waals surface area contributed by atoms with Crippen LogP contribution < -0.4 is 10.1 Å². The van der Waals surface area contributed by atoms with Crippen molar-refractivity contribution in [3.8, 4) is 11.5 Å². The third kappa shape index (κ3) is 13.5. The van der Waals surface area contributed by atoms with Crippen molar-refractivity contribution in [3.05, 3.63) is 23.8 Å². The Morgan fingerprint density at radius 1 is 0.900 bits per heavy atom. The number of phenols is 1. The highest BCUT2D eigenvalue weighted by atomic mass is 16.5. The number of carbonyl (C=O) groups excluding carboxylic acids is 1. The zero-order valence-electron chi connectivity index (χ0n) is 22.0. The Morgan fingerprint density at radius 2 is 1.43 bits per heavy atom. The van der Waals surface area contributed by atoms with Crippen LogP contribution in [0.2, 0.25) is 0 Å². The third-order valence-electron chi connectivity index (χ3n) is 5.63. The summed E-state index contributed by atoms with van der Waals surface area (Å²) in [6, 6.07) is 4.45. The molecule has 1 aromatic rings. The summed E-state index contributed by atoms with van der Waals surface area (Å²) in [5, 5.41) is 12.6. The van der Waals surface area contributed by atoms with Crippen LogP contribution in [-0.4, -0.2) is 18.1 Å². The molecule has 1 aromatic carbocycles. The van der Waals surface area contributed by atoms with Crippen molar-refractivity contribution >= 4 is 5.91 Å². The maximum Gasteiger partial charge on any atom is 0.220 e. The number of rotatable bonds is 19. The van der Waals surface area contributed by atoms with Crippen LogP contribution >= 0.6 is 0 Å². The largest absolute Gasteiger partial charge is 0.504 e. The molecule has 4 heteroatoms. The van der Waals surface area contributed by atoms with Gasteiger partial charge in [-0.3, -0.25) is 4.79 Å². The number of benzene rings is 1. The fourth-order valence-electron chi connectivity index (χ4n) is 3.70. The second kappa shape index (κ2) is 18.1. The molecular formula is C26H45NO3. The molecule has 1 amide bonds. The monoisotopic (exact) mass is 422 g/mol. The summed E-state index contributed by atoms with van der Waals surface area (Å²) in [5.41, 5.74) is 0.678. The molecule has 0 aliphatic carbocycles. The number of hydrogen-bond acceptors (Lipinski definition) is 3. The predicted octanol–water partition coefficient (Wildman–Crippen LogP) is 7.28. The van der Waals surface area contributed by atoms with Crippen LogP contribution in [-0.2, 0) is 11.3 Å². The van der Waals surface area contributed by atoms with E-state index < -0.39 is 7.04 Å². The van der Waals surface area contributed by atoms with Crippen LogP contribution in [0.1, 0.15) is 119 Å². The van der Waals surface area contributed by atoms with Gasteiger partial charge in [0.1, 0.15) is 0 Å². The molecule has 0 saturated heterocycles. The normalized spacial score (nSPS) is 12.8. The number of nitrogens with one attached hydrogen (secondary N) is 1. The zero-order valence-corrected chi connectivity index (χ0v) is 19.0. The smallest absolute Gasteiger partial charge is 0.220 e. The molecular weight excluding hydrogens is 374 g/mol. The molecule has 0 aliphatic rings.